The minimum Gasteiger partial charge on any atom is -0.442 e. The maximum atomic E-state index is 5.77. The van der Waals surface area contributed by atoms with Crippen molar-refractivity contribution in [2.75, 3.05) is 0 Å². The summed E-state index contributed by atoms with van der Waals surface area (Å²) in [5.41, 5.74) is 2.39. The number of hydrogen-bond donors (Lipinski definition) is 1. The van der Waals surface area contributed by atoms with E-state index in [-0.39, 0.29) is 0 Å². The Kier molecular flexibility index (Phi) is 5.76. The molecule has 0 aromatic heterocycles. The maximum absolute atomic E-state index is 5.77. The largest absolute Gasteiger partial charge is 0.442 e. The van der Waals surface area contributed by atoms with E-state index >= 15 is 0 Å². The zero-order chi connectivity index (χ0) is 13.5. The highest BCUT2D eigenvalue weighted by atomic mass is 16.5. The van der Waals surface area contributed by atoms with E-state index in [0.717, 1.165) is 24.2 Å². The molecule has 0 saturated heterocycles. The first kappa shape index (κ1) is 14.6. The van der Waals surface area contributed by atoms with Crippen molar-refractivity contribution in [2.24, 2.45) is 0 Å². The third-order valence-electron chi connectivity index (χ3n) is 3.06. The van der Waals surface area contributed by atoms with Crippen LogP contribution in [0.2, 0.25) is 0 Å². The van der Waals surface area contributed by atoms with E-state index in [4.69, 9.17) is 4.74 Å². The molecule has 0 amide bonds. The summed E-state index contributed by atoms with van der Waals surface area (Å²) in [7, 11) is 0. The van der Waals surface area contributed by atoms with Gasteiger partial charge in [0.05, 0.1) is 0 Å². The molecule has 0 heterocycles. The summed E-state index contributed by atoms with van der Waals surface area (Å²) in [6.45, 7) is 12.5. The van der Waals surface area contributed by atoms with Crippen molar-refractivity contribution in [3.8, 4) is 5.75 Å². The van der Waals surface area contributed by atoms with E-state index in [9.17, 15) is 0 Å². The van der Waals surface area contributed by atoms with Crippen molar-refractivity contribution in [1.82, 2.24) is 5.32 Å². The normalized spacial score (nSPS) is 12.0. The molecule has 0 radical (unpaired) electrons. The first-order valence-corrected chi connectivity index (χ1v) is 6.77. The van der Waals surface area contributed by atoms with Crippen LogP contribution in [0.15, 0.2) is 30.7 Å². The van der Waals surface area contributed by atoms with E-state index in [1.807, 2.05) is 6.07 Å². The summed E-state index contributed by atoms with van der Waals surface area (Å²) in [6, 6.07) is 6.62. The van der Waals surface area contributed by atoms with Crippen LogP contribution in [0, 0.1) is 13.8 Å². The Morgan fingerprint density at radius 1 is 1.33 bits per heavy atom. The summed E-state index contributed by atoms with van der Waals surface area (Å²) in [5.74, 6) is 1.52. The second-order valence-corrected chi connectivity index (χ2v) is 4.83. The number of hydrogen-bond acceptors (Lipinski definition) is 2. The van der Waals surface area contributed by atoms with Gasteiger partial charge in [-0.1, -0.05) is 38.0 Å². The van der Waals surface area contributed by atoms with E-state index in [1.54, 1.807) is 0 Å². The van der Waals surface area contributed by atoms with Crippen LogP contribution in [0.4, 0.5) is 0 Å². The molecule has 0 fully saturated rings. The fraction of sp³-hybridized carbons (Fsp3) is 0.500. The van der Waals surface area contributed by atoms with Gasteiger partial charge in [0.15, 0.2) is 5.88 Å². The first-order chi connectivity index (χ1) is 8.56. The molecule has 18 heavy (non-hydrogen) atoms. The van der Waals surface area contributed by atoms with E-state index in [2.05, 4.69) is 51.7 Å². The fourth-order valence-electron chi connectivity index (χ4n) is 2.03. The summed E-state index contributed by atoms with van der Waals surface area (Å²) < 4.78 is 5.77. The zero-order valence-corrected chi connectivity index (χ0v) is 12.0. The van der Waals surface area contributed by atoms with Crippen molar-refractivity contribution in [3.63, 3.8) is 0 Å². The summed E-state index contributed by atoms with van der Waals surface area (Å²) in [6.07, 6.45) is 3.40. The third kappa shape index (κ3) is 4.44. The first-order valence-electron chi connectivity index (χ1n) is 6.77. The average Bonchev–Trinajstić information content (AvgIpc) is 2.32. The van der Waals surface area contributed by atoms with Crippen LogP contribution in [-0.4, -0.2) is 6.04 Å². The van der Waals surface area contributed by atoms with Crippen LogP contribution >= 0.6 is 0 Å². The van der Waals surface area contributed by atoms with Gasteiger partial charge in [0.25, 0.3) is 0 Å². The van der Waals surface area contributed by atoms with E-state index < -0.39 is 0 Å². The molecular formula is C16H25NO. The van der Waals surface area contributed by atoms with Crippen LogP contribution in [-0.2, 0) is 0 Å². The van der Waals surface area contributed by atoms with Crippen molar-refractivity contribution in [1.29, 1.82) is 0 Å². The van der Waals surface area contributed by atoms with Crippen molar-refractivity contribution >= 4 is 0 Å². The molecule has 1 rings (SSSR count). The average molecular weight is 247 g/mol. The van der Waals surface area contributed by atoms with Gasteiger partial charge in [-0.3, -0.25) is 0 Å². The van der Waals surface area contributed by atoms with Crippen LogP contribution in [0.5, 0.6) is 5.75 Å². The molecule has 0 saturated carbocycles. The van der Waals surface area contributed by atoms with Crippen LogP contribution in [0.25, 0.3) is 0 Å². The topological polar surface area (TPSA) is 21.3 Å². The Bertz CT molecular complexity index is 398. The summed E-state index contributed by atoms with van der Waals surface area (Å²) >= 11 is 0. The number of ether oxygens (including phenoxy) is 1. The highest BCUT2D eigenvalue weighted by Gasteiger charge is 2.07. The summed E-state index contributed by atoms with van der Waals surface area (Å²) in [4.78, 5) is 0. The SMILES string of the molecule is C=C(NC(CC)CCC)Oc1ccc(C)cc1C. The van der Waals surface area contributed by atoms with Crippen molar-refractivity contribution in [3.05, 3.63) is 41.8 Å². The monoisotopic (exact) mass is 247 g/mol. The molecule has 100 valence electrons. The van der Waals surface area contributed by atoms with E-state index in [1.165, 1.54) is 12.0 Å². The molecule has 1 aromatic carbocycles. The lowest BCUT2D eigenvalue weighted by molar-refractivity contribution is 0.344. The smallest absolute Gasteiger partial charge is 0.186 e. The number of rotatable bonds is 7. The van der Waals surface area contributed by atoms with Crippen LogP contribution < -0.4 is 10.1 Å². The highest BCUT2D eigenvalue weighted by molar-refractivity contribution is 5.36. The Hall–Kier alpha value is -1.44. The minimum atomic E-state index is 0.452. The molecule has 2 heteroatoms. The predicted molar refractivity (Wildman–Crippen MR) is 77.8 cm³/mol. The quantitative estimate of drug-likeness (QED) is 0.724. The molecule has 0 aliphatic carbocycles. The Balaban J connectivity index is 2.58. The van der Waals surface area contributed by atoms with Gasteiger partial charge in [0, 0.05) is 6.04 Å². The molecule has 0 spiro atoms. The van der Waals surface area contributed by atoms with Gasteiger partial charge in [0.1, 0.15) is 5.75 Å². The molecule has 0 aliphatic rings. The van der Waals surface area contributed by atoms with Gasteiger partial charge in [-0.25, -0.2) is 0 Å². The zero-order valence-electron chi connectivity index (χ0n) is 12.0. The number of benzene rings is 1. The third-order valence-corrected chi connectivity index (χ3v) is 3.06. The fourth-order valence-corrected chi connectivity index (χ4v) is 2.03. The summed E-state index contributed by atoms with van der Waals surface area (Å²) in [5, 5.41) is 3.34. The lowest BCUT2D eigenvalue weighted by Crippen LogP contribution is -2.29. The predicted octanol–water partition coefficient (Wildman–Crippen LogP) is 4.32. The lowest BCUT2D eigenvalue weighted by atomic mass is 10.1. The highest BCUT2D eigenvalue weighted by Crippen LogP contribution is 2.20. The number of aryl methyl sites for hydroxylation is 2. The maximum Gasteiger partial charge on any atom is 0.186 e. The minimum absolute atomic E-state index is 0.452. The second kappa shape index (κ2) is 7.10. The standard InChI is InChI=1S/C16H25NO/c1-6-8-15(7-2)17-14(5)18-16-10-9-12(3)11-13(16)4/h9-11,15,17H,5-8H2,1-4H3. The molecule has 1 N–H and O–H groups in total. The van der Waals surface area contributed by atoms with Crippen molar-refractivity contribution in [2.45, 2.75) is 53.0 Å². The van der Waals surface area contributed by atoms with E-state index in [0.29, 0.717) is 11.9 Å². The van der Waals surface area contributed by atoms with Crippen LogP contribution in [0.3, 0.4) is 0 Å². The Labute approximate surface area is 111 Å². The van der Waals surface area contributed by atoms with Gasteiger partial charge in [0.2, 0.25) is 0 Å². The Morgan fingerprint density at radius 2 is 2.06 bits per heavy atom. The molecular weight excluding hydrogens is 222 g/mol. The van der Waals surface area contributed by atoms with Crippen molar-refractivity contribution < 1.29 is 4.74 Å². The molecule has 2 nitrogen and oxygen atoms in total. The van der Waals surface area contributed by atoms with Gasteiger partial charge in [-0.15, -0.1) is 0 Å². The number of nitrogens with one attached hydrogen (secondary N) is 1. The van der Waals surface area contributed by atoms with Gasteiger partial charge < -0.3 is 10.1 Å². The van der Waals surface area contributed by atoms with Gasteiger partial charge in [-0.05, 0) is 44.9 Å². The molecule has 1 aromatic rings. The van der Waals surface area contributed by atoms with Gasteiger partial charge >= 0.3 is 0 Å². The van der Waals surface area contributed by atoms with Crippen LogP contribution in [0.1, 0.15) is 44.2 Å². The molecule has 1 unspecified atom stereocenters. The molecule has 0 bridgehead atoms. The molecule has 0 aliphatic heterocycles. The lowest BCUT2D eigenvalue weighted by Gasteiger charge is -2.20. The van der Waals surface area contributed by atoms with Gasteiger partial charge in [-0.2, -0.15) is 0 Å². The second-order valence-electron chi connectivity index (χ2n) is 4.83. The molecule has 1 atom stereocenters. The Morgan fingerprint density at radius 3 is 2.61 bits per heavy atom.